The third-order valence-corrected chi connectivity index (χ3v) is 6.87. The standard InChI is InChI=1S/C29H31FN2OS/c1-5-6-10-17-32(34-4)26-19-27-25(18-24(26)21-11-8-7-9-12-21)28(20(2)31-3)29(33-27)22-13-15-23(30)16-14-22/h7-9,11-16,18-19,31H,2,5-6,10,17H2,1,3-4H3. The molecule has 3 nitrogen and oxygen atoms in total. The van der Waals surface area contributed by atoms with Crippen LogP contribution in [0.4, 0.5) is 10.1 Å². The number of unbranched alkanes of at least 4 members (excludes halogenated alkanes) is 2. The van der Waals surface area contributed by atoms with Gasteiger partial charge in [-0.3, -0.25) is 0 Å². The monoisotopic (exact) mass is 474 g/mol. The van der Waals surface area contributed by atoms with E-state index >= 15 is 0 Å². The number of fused-ring (bicyclic) bond motifs is 1. The Morgan fingerprint density at radius 1 is 1.03 bits per heavy atom. The SMILES string of the molecule is C=C(NC)c1c(-c2ccc(F)cc2)oc2cc(N(CCCCC)SC)c(-c3ccccc3)cc12. The van der Waals surface area contributed by atoms with Gasteiger partial charge in [0, 0.05) is 48.1 Å². The number of rotatable bonds is 10. The summed E-state index contributed by atoms with van der Waals surface area (Å²) in [5.74, 6) is 0.414. The molecular weight excluding hydrogens is 443 g/mol. The number of hydrogen-bond donors (Lipinski definition) is 1. The molecule has 0 unspecified atom stereocenters. The van der Waals surface area contributed by atoms with Crippen molar-refractivity contribution in [1.29, 1.82) is 0 Å². The van der Waals surface area contributed by atoms with Gasteiger partial charge in [-0.2, -0.15) is 0 Å². The Hall–Kier alpha value is -3.18. The van der Waals surface area contributed by atoms with E-state index in [0.717, 1.165) is 57.6 Å². The number of halogens is 1. The zero-order valence-electron chi connectivity index (χ0n) is 20.0. The molecule has 1 aromatic heterocycles. The molecule has 0 atom stereocenters. The number of hydrogen-bond acceptors (Lipinski definition) is 4. The fourth-order valence-corrected chi connectivity index (χ4v) is 4.89. The molecule has 5 heteroatoms. The molecule has 0 saturated heterocycles. The lowest BCUT2D eigenvalue weighted by molar-refractivity contribution is 0.622. The van der Waals surface area contributed by atoms with E-state index in [0.29, 0.717) is 5.76 Å². The average molecular weight is 475 g/mol. The maximum absolute atomic E-state index is 13.6. The highest BCUT2D eigenvalue weighted by Crippen LogP contribution is 2.43. The molecule has 176 valence electrons. The maximum Gasteiger partial charge on any atom is 0.144 e. The molecule has 0 spiro atoms. The van der Waals surface area contributed by atoms with Gasteiger partial charge >= 0.3 is 0 Å². The van der Waals surface area contributed by atoms with Gasteiger partial charge in [0.15, 0.2) is 0 Å². The summed E-state index contributed by atoms with van der Waals surface area (Å²) in [6.07, 6.45) is 5.62. The van der Waals surface area contributed by atoms with Crippen molar-refractivity contribution >= 4 is 34.3 Å². The zero-order chi connectivity index (χ0) is 24.1. The highest BCUT2D eigenvalue weighted by molar-refractivity contribution is 8.00. The predicted molar refractivity (Wildman–Crippen MR) is 146 cm³/mol. The van der Waals surface area contributed by atoms with Gasteiger partial charge in [-0.1, -0.05) is 68.6 Å². The molecule has 0 amide bonds. The molecule has 3 aromatic carbocycles. The van der Waals surface area contributed by atoms with Crippen LogP contribution in [0.15, 0.2) is 77.7 Å². The van der Waals surface area contributed by atoms with Crippen molar-refractivity contribution < 1.29 is 8.81 Å². The van der Waals surface area contributed by atoms with Crippen molar-refractivity contribution in [2.75, 3.05) is 24.2 Å². The van der Waals surface area contributed by atoms with E-state index in [-0.39, 0.29) is 5.82 Å². The second-order valence-corrected chi connectivity index (χ2v) is 9.07. The Balaban J connectivity index is 1.96. The largest absolute Gasteiger partial charge is 0.455 e. The molecule has 1 N–H and O–H groups in total. The number of benzene rings is 3. The number of furan rings is 1. The summed E-state index contributed by atoms with van der Waals surface area (Å²) in [7, 11) is 1.85. The van der Waals surface area contributed by atoms with E-state index in [4.69, 9.17) is 4.42 Å². The van der Waals surface area contributed by atoms with E-state index in [1.54, 1.807) is 24.1 Å². The Labute approximate surface area is 205 Å². The van der Waals surface area contributed by atoms with E-state index < -0.39 is 0 Å². The maximum atomic E-state index is 13.6. The molecule has 0 bridgehead atoms. The fraction of sp³-hybridized carbons (Fsp3) is 0.241. The molecule has 0 aliphatic carbocycles. The average Bonchev–Trinajstić information content (AvgIpc) is 3.25. The molecule has 34 heavy (non-hydrogen) atoms. The Morgan fingerprint density at radius 2 is 1.76 bits per heavy atom. The second-order valence-electron chi connectivity index (χ2n) is 8.26. The van der Waals surface area contributed by atoms with Crippen LogP contribution >= 0.6 is 11.9 Å². The summed E-state index contributed by atoms with van der Waals surface area (Å²) in [6.45, 7) is 7.42. The number of anilines is 1. The van der Waals surface area contributed by atoms with E-state index in [1.807, 2.05) is 13.1 Å². The Morgan fingerprint density at radius 3 is 2.41 bits per heavy atom. The quantitative estimate of drug-likeness (QED) is 0.185. The molecule has 0 saturated carbocycles. The summed E-state index contributed by atoms with van der Waals surface area (Å²) in [6, 6.07) is 21.2. The lowest BCUT2D eigenvalue weighted by Crippen LogP contribution is -2.16. The lowest BCUT2D eigenvalue weighted by Gasteiger charge is -2.24. The first-order valence-corrected chi connectivity index (χ1v) is 12.9. The topological polar surface area (TPSA) is 28.4 Å². The van der Waals surface area contributed by atoms with Gasteiger partial charge in [0.2, 0.25) is 0 Å². The minimum atomic E-state index is -0.273. The van der Waals surface area contributed by atoms with Crippen LogP contribution in [0.1, 0.15) is 31.7 Å². The van der Waals surface area contributed by atoms with Crippen LogP contribution in [0.25, 0.3) is 39.1 Å². The number of nitrogens with zero attached hydrogens (tertiary/aromatic N) is 1. The number of nitrogens with one attached hydrogen (secondary N) is 1. The van der Waals surface area contributed by atoms with Crippen LogP contribution < -0.4 is 9.62 Å². The van der Waals surface area contributed by atoms with Crippen LogP contribution in [0, 0.1) is 5.82 Å². The van der Waals surface area contributed by atoms with Crippen LogP contribution in [-0.4, -0.2) is 19.8 Å². The first kappa shape index (κ1) is 24.0. The smallest absolute Gasteiger partial charge is 0.144 e. The second kappa shape index (κ2) is 10.8. The van der Waals surface area contributed by atoms with Crippen LogP contribution in [0.3, 0.4) is 0 Å². The molecule has 0 fully saturated rings. The van der Waals surface area contributed by atoms with Crippen molar-refractivity contribution in [3.05, 3.63) is 84.7 Å². The summed E-state index contributed by atoms with van der Waals surface area (Å²) < 4.78 is 22.4. The van der Waals surface area contributed by atoms with Crippen LogP contribution in [0.5, 0.6) is 0 Å². The van der Waals surface area contributed by atoms with Gasteiger partial charge in [0.05, 0.1) is 11.3 Å². The summed E-state index contributed by atoms with van der Waals surface area (Å²) in [4.78, 5) is 0. The normalized spacial score (nSPS) is 11.1. The van der Waals surface area contributed by atoms with Gasteiger partial charge in [-0.05, 0) is 42.3 Å². The summed E-state index contributed by atoms with van der Waals surface area (Å²) >= 11 is 1.73. The van der Waals surface area contributed by atoms with Crippen molar-refractivity contribution in [1.82, 2.24) is 5.32 Å². The molecule has 0 aliphatic rings. The summed E-state index contributed by atoms with van der Waals surface area (Å²) in [5, 5.41) is 4.16. The Bertz CT molecular complexity index is 1270. The van der Waals surface area contributed by atoms with E-state index in [9.17, 15) is 4.39 Å². The van der Waals surface area contributed by atoms with Crippen molar-refractivity contribution in [2.24, 2.45) is 0 Å². The van der Waals surface area contributed by atoms with Gasteiger partial charge in [-0.25, -0.2) is 4.39 Å². The first-order chi connectivity index (χ1) is 16.6. The van der Waals surface area contributed by atoms with E-state index in [1.165, 1.54) is 25.0 Å². The molecular formula is C29H31FN2OS. The first-order valence-electron chi connectivity index (χ1n) is 11.7. The molecule has 0 aliphatic heterocycles. The fourth-order valence-electron chi connectivity index (χ4n) is 4.23. The molecule has 4 rings (SSSR count). The van der Waals surface area contributed by atoms with Gasteiger partial charge in [0.25, 0.3) is 0 Å². The minimum Gasteiger partial charge on any atom is -0.455 e. The van der Waals surface area contributed by atoms with Gasteiger partial charge in [-0.15, -0.1) is 0 Å². The highest BCUT2D eigenvalue weighted by atomic mass is 32.2. The Kier molecular flexibility index (Phi) is 7.63. The van der Waals surface area contributed by atoms with Crippen molar-refractivity contribution in [3.63, 3.8) is 0 Å². The van der Waals surface area contributed by atoms with Gasteiger partial charge in [0.1, 0.15) is 17.2 Å². The van der Waals surface area contributed by atoms with Crippen molar-refractivity contribution in [2.45, 2.75) is 26.2 Å². The lowest BCUT2D eigenvalue weighted by atomic mass is 9.97. The summed E-state index contributed by atoms with van der Waals surface area (Å²) in [5.41, 5.74) is 6.69. The van der Waals surface area contributed by atoms with Crippen LogP contribution in [0.2, 0.25) is 0 Å². The van der Waals surface area contributed by atoms with Gasteiger partial charge < -0.3 is 14.0 Å². The molecule has 1 heterocycles. The highest BCUT2D eigenvalue weighted by Gasteiger charge is 2.22. The van der Waals surface area contributed by atoms with Crippen LogP contribution in [-0.2, 0) is 0 Å². The zero-order valence-corrected chi connectivity index (χ0v) is 20.8. The van der Waals surface area contributed by atoms with Crippen molar-refractivity contribution in [3.8, 4) is 22.5 Å². The molecule has 4 aromatic rings. The third kappa shape index (κ3) is 4.85. The third-order valence-electron chi connectivity index (χ3n) is 6.05. The van der Waals surface area contributed by atoms with E-state index in [2.05, 4.69) is 65.8 Å². The minimum absolute atomic E-state index is 0.273. The predicted octanol–water partition coefficient (Wildman–Crippen LogP) is 8.37. The molecule has 0 radical (unpaired) electrons.